The zero-order valence-corrected chi connectivity index (χ0v) is 19.9. The van der Waals surface area contributed by atoms with Crippen LogP contribution in [0.2, 0.25) is 0 Å². The Bertz CT molecular complexity index is 1280. The minimum atomic E-state index is -3.80. The van der Waals surface area contributed by atoms with Gasteiger partial charge in [0.1, 0.15) is 17.0 Å². The maximum atomic E-state index is 13.0. The first kappa shape index (κ1) is 25.2. The fraction of sp³-hybridized carbons (Fsp3) is 0.348. The number of H-pyrrole nitrogens is 1. The predicted octanol–water partition coefficient (Wildman–Crippen LogP) is 2.52. The maximum Gasteiger partial charge on any atom is 0.410 e. The van der Waals surface area contributed by atoms with Crippen LogP contribution in [0.3, 0.4) is 0 Å². The highest BCUT2D eigenvalue weighted by atomic mass is 32.2. The van der Waals surface area contributed by atoms with Gasteiger partial charge >= 0.3 is 6.09 Å². The Morgan fingerprint density at radius 1 is 1.24 bits per heavy atom. The highest BCUT2D eigenvalue weighted by molar-refractivity contribution is 7.94. The van der Waals surface area contributed by atoms with Crippen molar-refractivity contribution in [3.8, 4) is 0 Å². The first-order chi connectivity index (χ1) is 15.9. The van der Waals surface area contributed by atoms with Gasteiger partial charge in [0, 0.05) is 30.6 Å². The topological polar surface area (TPSA) is 126 Å². The van der Waals surface area contributed by atoms with Crippen LogP contribution in [0.15, 0.2) is 51.5 Å². The van der Waals surface area contributed by atoms with E-state index in [0.717, 1.165) is 29.7 Å². The molecule has 1 aromatic carbocycles. The van der Waals surface area contributed by atoms with Crippen molar-refractivity contribution in [2.24, 2.45) is 0 Å². The number of hydrogen-bond acceptors (Lipinski definition) is 6. The molecular weight excluding hydrogens is 465 g/mol. The zero-order valence-electron chi connectivity index (χ0n) is 19.1. The van der Waals surface area contributed by atoms with E-state index in [1.807, 2.05) is 0 Å². The van der Waals surface area contributed by atoms with Crippen molar-refractivity contribution in [2.75, 3.05) is 13.1 Å². The van der Waals surface area contributed by atoms with Crippen molar-refractivity contribution >= 4 is 21.8 Å². The number of hydrogen-bond donors (Lipinski definition) is 2. The molecule has 34 heavy (non-hydrogen) atoms. The average Bonchev–Trinajstić information content (AvgIpc) is 2.75. The summed E-state index contributed by atoms with van der Waals surface area (Å²) in [7, 11) is -3.80. The second-order valence-corrected chi connectivity index (χ2v) is 10.6. The molecule has 0 saturated heterocycles. The largest absolute Gasteiger partial charge is 0.444 e. The van der Waals surface area contributed by atoms with Crippen molar-refractivity contribution in [2.45, 2.75) is 44.2 Å². The van der Waals surface area contributed by atoms with Gasteiger partial charge in [0.2, 0.25) is 0 Å². The summed E-state index contributed by atoms with van der Waals surface area (Å²) in [6.45, 7) is 5.69. The van der Waals surface area contributed by atoms with Gasteiger partial charge in [0.25, 0.3) is 11.5 Å². The third kappa shape index (κ3) is 6.31. The molecule has 11 heteroatoms. The SMILES string of the molecule is CC(C)(C)OC(=O)N1CCc2[nH]c(=O)c(C(=O)NC/C=C/S(=O)(=O)c3ccc(F)cc3)cc2C1. The van der Waals surface area contributed by atoms with E-state index in [1.165, 1.54) is 17.0 Å². The molecule has 0 unspecified atom stereocenters. The van der Waals surface area contributed by atoms with E-state index < -0.39 is 38.8 Å². The number of rotatable bonds is 5. The quantitative estimate of drug-likeness (QED) is 0.619. The number of nitrogens with one attached hydrogen (secondary N) is 2. The van der Waals surface area contributed by atoms with E-state index in [1.54, 1.807) is 20.8 Å². The molecular formula is C23H26FN3O6S. The Morgan fingerprint density at radius 2 is 1.91 bits per heavy atom. The number of aromatic nitrogens is 1. The van der Waals surface area contributed by atoms with Crippen LogP contribution in [0.1, 0.15) is 42.4 Å². The molecule has 9 nitrogen and oxygen atoms in total. The third-order valence-electron chi connectivity index (χ3n) is 4.90. The number of halogens is 1. The Morgan fingerprint density at radius 3 is 2.56 bits per heavy atom. The second kappa shape index (κ2) is 9.80. The van der Waals surface area contributed by atoms with Gasteiger partial charge < -0.3 is 19.9 Å². The lowest BCUT2D eigenvalue weighted by molar-refractivity contribution is 0.0222. The molecule has 1 aliphatic heterocycles. The van der Waals surface area contributed by atoms with E-state index in [4.69, 9.17) is 4.74 Å². The number of sulfone groups is 1. The molecule has 0 atom stereocenters. The predicted molar refractivity (Wildman–Crippen MR) is 122 cm³/mol. The van der Waals surface area contributed by atoms with E-state index in [0.29, 0.717) is 24.2 Å². The highest BCUT2D eigenvalue weighted by Crippen LogP contribution is 2.19. The van der Waals surface area contributed by atoms with Gasteiger partial charge in [-0.3, -0.25) is 9.59 Å². The van der Waals surface area contributed by atoms with Crippen molar-refractivity contribution in [1.29, 1.82) is 0 Å². The fourth-order valence-corrected chi connectivity index (χ4v) is 4.30. The Labute approximate surface area is 196 Å². The molecule has 0 aliphatic carbocycles. The molecule has 0 saturated carbocycles. The van der Waals surface area contributed by atoms with Gasteiger partial charge in [-0.25, -0.2) is 17.6 Å². The lowest BCUT2D eigenvalue weighted by Gasteiger charge is -2.31. The molecule has 0 fully saturated rings. The summed E-state index contributed by atoms with van der Waals surface area (Å²) < 4.78 is 42.8. The van der Waals surface area contributed by atoms with Crippen molar-refractivity contribution in [3.63, 3.8) is 0 Å². The Balaban J connectivity index is 1.66. The summed E-state index contributed by atoms with van der Waals surface area (Å²) in [5.74, 6) is -1.25. The molecule has 0 radical (unpaired) electrons. The van der Waals surface area contributed by atoms with Gasteiger partial charge in [-0.05, 0) is 56.7 Å². The van der Waals surface area contributed by atoms with Gasteiger partial charge in [-0.2, -0.15) is 0 Å². The number of carbonyl (C=O) groups is 2. The number of pyridine rings is 1. The molecule has 3 rings (SSSR count). The first-order valence-corrected chi connectivity index (χ1v) is 12.1. The average molecular weight is 492 g/mol. The van der Waals surface area contributed by atoms with Crippen LogP contribution in [0.5, 0.6) is 0 Å². The van der Waals surface area contributed by atoms with Crippen LogP contribution in [0, 0.1) is 5.82 Å². The van der Waals surface area contributed by atoms with Crippen LogP contribution in [-0.4, -0.2) is 49.0 Å². The lowest BCUT2D eigenvalue weighted by Crippen LogP contribution is -2.41. The summed E-state index contributed by atoms with van der Waals surface area (Å²) in [5, 5.41) is 3.37. The summed E-state index contributed by atoms with van der Waals surface area (Å²) in [4.78, 5) is 41.4. The minimum Gasteiger partial charge on any atom is -0.444 e. The Kier molecular flexibility index (Phi) is 7.25. The second-order valence-electron chi connectivity index (χ2n) is 8.75. The van der Waals surface area contributed by atoms with Gasteiger partial charge in [0.05, 0.1) is 11.4 Å². The number of carbonyl (C=O) groups excluding carboxylic acids is 2. The van der Waals surface area contributed by atoms with E-state index >= 15 is 0 Å². The number of ether oxygens (including phenoxy) is 1. The Hall–Kier alpha value is -3.47. The lowest BCUT2D eigenvalue weighted by atomic mass is 10.0. The maximum absolute atomic E-state index is 13.0. The van der Waals surface area contributed by atoms with Gasteiger partial charge in [0.15, 0.2) is 9.84 Å². The third-order valence-corrected chi connectivity index (χ3v) is 6.38. The van der Waals surface area contributed by atoms with Crippen LogP contribution in [0.4, 0.5) is 9.18 Å². The van der Waals surface area contributed by atoms with Crippen molar-refractivity contribution in [1.82, 2.24) is 15.2 Å². The molecule has 1 aliphatic rings. The van der Waals surface area contributed by atoms with Gasteiger partial charge in [-0.1, -0.05) is 6.08 Å². The van der Waals surface area contributed by atoms with E-state index in [9.17, 15) is 27.2 Å². The summed E-state index contributed by atoms with van der Waals surface area (Å²) in [6, 6.07) is 5.78. The number of benzene rings is 1. The van der Waals surface area contributed by atoms with Crippen LogP contribution in [-0.2, 0) is 27.5 Å². The summed E-state index contributed by atoms with van der Waals surface area (Å²) in [6.07, 6.45) is 1.14. The van der Waals surface area contributed by atoms with Gasteiger partial charge in [-0.15, -0.1) is 0 Å². The molecule has 1 aromatic heterocycles. The smallest absolute Gasteiger partial charge is 0.410 e. The van der Waals surface area contributed by atoms with Crippen LogP contribution in [0.25, 0.3) is 0 Å². The molecule has 182 valence electrons. The number of nitrogens with zero attached hydrogens (tertiary/aromatic N) is 1. The molecule has 2 aromatic rings. The zero-order chi connectivity index (χ0) is 25.1. The number of aromatic amines is 1. The number of fused-ring (bicyclic) bond motifs is 1. The standard InChI is InChI=1S/C23H26FN3O6S/c1-23(2,3)33-22(30)27-11-9-19-15(14-27)13-18(21(29)26-19)20(28)25-10-4-12-34(31,32)17-7-5-16(24)6-8-17/h4-8,12-13H,9-11,14H2,1-3H3,(H,25,28)(H,26,29)/b12-4+. The first-order valence-electron chi connectivity index (χ1n) is 10.5. The molecule has 0 bridgehead atoms. The number of amides is 2. The van der Waals surface area contributed by atoms with Crippen molar-refractivity contribution < 1.29 is 27.1 Å². The molecule has 2 amide bonds. The molecule has 2 heterocycles. The van der Waals surface area contributed by atoms with Crippen molar-refractivity contribution in [3.05, 3.63) is 74.8 Å². The van der Waals surface area contributed by atoms with E-state index in [-0.39, 0.29) is 23.5 Å². The summed E-state index contributed by atoms with van der Waals surface area (Å²) >= 11 is 0. The highest BCUT2D eigenvalue weighted by Gasteiger charge is 2.27. The monoisotopic (exact) mass is 491 g/mol. The fourth-order valence-electron chi connectivity index (χ4n) is 3.28. The molecule has 0 spiro atoms. The normalized spacial score (nSPS) is 14.1. The van der Waals surface area contributed by atoms with Crippen LogP contribution < -0.4 is 10.9 Å². The van der Waals surface area contributed by atoms with Crippen LogP contribution >= 0.6 is 0 Å². The van der Waals surface area contributed by atoms with E-state index in [2.05, 4.69) is 10.3 Å². The summed E-state index contributed by atoms with van der Waals surface area (Å²) in [5.41, 5.74) is -0.113. The minimum absolute atomic E-state index is 0.0860. The molecule has 2 N–H and O–H groups in total.